The van der Waals surface area contributed by atoms with Crippen LogP contribution < -0.4 is 5.32 Å². The second-order valence-electron chi connectivity index (χ2n) is 4.09. The molecule has 1 aromatic rings. The molecule has 82 valence electrons. The number of nitrogens with one attached hydrogen (secondary N) is 1. The Morgan fingerprint density at radius 3 is 2.27 bits per heavy atom. The molecule has 1 rings (SSSR count). The fourth-order valence-corrected chi connectivity index (χ4v) is 1.33. The van der Waals surface area contributed by atoms with E-state index in [1.54, 1.807) is 45.2 Å². The van der Waals surface area contributed by atoms with Crippen molar-refractivity contribution in [2.24, 2.45) is 0 Å². The van der Waals surface area contributed by atoms with Gasteiger partial charge >= 0.3 is 0 Å². The summed E-state index contributed by atoms with van der Waals surface area (Å²) in [6, 6.07) is 7.05. The Bertz CT molecular complexity index is 336. The van der Waals surface area contributed by atoms with E-state index in [1.807, 2.05) is 0 Å². The van der Waals surface area contributed by atoms with Crippen LogP contribution in [0.3, 0.4) is 0 Å². The summed E-state index contributed by atoms with van der Waals surface area (Å²) in [7, 11) is 1.74. The van der Waals surface area contributed by atoms with Crippen LogP contribution in [0.15, 0.2) is 24.3 Å². The van der Waals surface area contributed by atoms with E-state index in [0.29, 0.717) is 12.1 Å². The van der Waals surface area contributed by atoms with Gasteiger partial charge in [0, 0.05) is 5.56 Å². The lowest BCUT2D eigenvalue weighted by Gasteiger charge is -2.17. The average Bonchev–Trinajstić information content (AvgIpc) is 2.17. The Morgan fingerprint density at radius 1 is 1.33 bits per heavy atom. The highest BCUT2D eigenvalue weighted by Crippen LogP contribution is 2.19. The molecule has 0 aromatic heterocycles. The Morgan fingerprint density at radius 2 is 1.87 bits per heavy atom. The lowest BCUT2D eigenvalue weighted by molar-refractivity contribution is 0.0784. The van der Waals surface area contributed by atoms with Crippen molar-refractivity contribution in [3.05, 3.63) is 35.4 Å². The Hall–Kier alpha value is -1.19. The van der Waals surface area contributed by atoms with Gasteiger partial charge in [-0.2, -0.15) is 0 Å². The quantitative estimate of drug-likeness (QED) is 0.732. The Balaban J connectivity index is 2.86. The Kier molecular flexibility index (Phi) is 3.61. The van der Waals surface area contributed by atoms with Gasteiger partial charge in [0.15, 0.2) is 5.78 Å². The summed E-state index contributed by atoms with van der Waals surface area (Å²) in [4.78, 5) is 11.5. The normalized spacial score (nSPS) is 11.5. The molecule has 0 saturated carbocycles. The number of carbonyl (C=O) groups excluding carboxylic acids is 1. The minimum Gasteiger partial charge on any atom is -0.386 e. The number of rotatable bonds is 4. The van der Waals surface area contributed by atoms with Crippen LogP contribution in [0.5, 0.6) is 0 Å². The van der Waals surface area contributed by atoms with Gasteiger partial charge in [-0.05, 0) is 26.5 Å². The largest absolute Gasteiger partial charge is 0.386 e. The molecule has 0 atom stereocenters. The molecule has 0 amide bonds. The maximum Gasteiger partial charge on any atom is 0.176 e. The summed E-state index contributed by atoms with van der Waals surface area (Å²) in [5.74, 6) is 0.0554. The minimum atomic E-state index is -0.857. The van der Waals surface area contributed by atoms with E-state index in [2.05, 4.69) is 5.32 Å². The van der Waals surface area contributed by atoms with Crippen LogP contribution in [0, 0.1) is 0 Å². The van der Waals surface area contributed by atoms with Gasteiger partial charge in [-0.15, -0.1) is 0 Å². The number of carbonyl (C=O) groups is 1. The summed E-state index contributed by atoms with van der Waals surface area (Å²) >= 11 is 0. The number of ketones is 1. The van der Waals surface area contributed by atoms with E-state index in [-0.39, 0.29) is 5.78 Å². The van der Waals surface area contributed by atoms with Crippen LogP contribution in [0.1, 0.15) is 29.8 Å². The molecule has 15 heavy (non-hydrogen) atoms. The zero-order valence-electron chi connectivity index (χ0n) is 9.37. The minimum absolute atomic E-state index is 0.0554. The third-order valence-electron chi connectivity index (χ3n) is 2.25. The van der Waals surface area contributed by atoms with Gasteiger partial charge in [0.2, 0.25) is 0 Å². The van der Waals surface area contributed by atoms with Crippen molar-refractivity contribution in [2.75, 3.05) is 13.6 Å². The Labute approximate surface area is 90.1 Å². The molecule has 0 unspecified atom stereocenters. The molecular weight excluding hydrogens is 190 g/mol. The molecule has 0 aliphatic carbocycles. The summed E-state index contributed by atoms with van der Waals surface area (Å²) in [5, 5.41) is 12.5. The predicted octanol–water partition coefficient (Wildman–Crippen LogP) is 1.32. The number of hydrogen-bond donors (Lipinski definition) is 2. The van der Waals surface area contributed by atoms with Crippen molar-refractivity contribution in [1.82, 2.24) is 5.32 Å². The summed E-state index contributed by atoms with van der Waals surface area (Å²) in [6.45, 7) is 3.77. The highest BCUT2D eigenvalue weighted by atomic mass is 16.3. The number of Topliss-reactive ketones (excluding diaryl/α,β-unsaturated/α-hetero) is 1. The first-order chi connectivity index (χ1) is 6.95. The van der Waals surface area contributed by atoms with Crippen LogP contribution in [0.4, 0.5) is 0 Å². The van der Waals surface area contributed by atoms with Gasteiger partial charge in [-0.3, -0.25) is 4.79 Å². The third kappa shape index (κ3) is 3.15. The van der Waals surface area contributed by atoms with E-state index < -0.39 is 5.60 Å². The number of aliphatic hydroxyl groups is 1. The van der Waals surface area contributed by atoms with Crippen molar-refractivity contribution >= 4 is 5.78 Å². The summed E-state index contributed by atoms with van der Waals surface area (Å²) < 4.78 is 0. The smallest absolute Gasteiger partial charge is 0.176 e. The van der Waals surface area contributed by atoms with Crippen molar-refractivity contribution in [1.29, 1.82) is 0 Å². The van der Waals surface area contributed by atoms with Crippen molar-refractivity contribution in [2.45, 2.75) is 19.4 Å². The molecule has 3 heteroatoms. The van der Waals surface area contributed by atoms with Crippen LogP contribution in [-0.4, -0.2) is 24.5 Å². The SMILES string of the molecule is CNCC(=O)c1ccc(C(C)(C)O)cc1. The molecule has 0 bridgehead atoms. The number of benzene rings is 1. The highest BCUT2D eigenvalue weighted by molar-refractivity contribution is 5.97. The lowest BCUT2D eigenvalue weighted by atomic mass is 9.96. The van der Waals surface area contributed by atoms with E-state index in [4.69, 9.17) is 0 Å². The fourth-order valence-electron chi connectivity index (χ4n) is 1.33. The molecule has 0 heterocycles. The van der Waals surface area contributed by atoms with Gasteiger partial charge in [0.1, 0.15) is 0 Å². The zero-order valence-corrected chi connectivity index (χ0v) is 9.37. The predicted molar refractivity (Wildman–Crippen MR) is 59.9 cm³/mol. The van der Waals surface area contributed by atoms with Gasteiger partial charge in [0.05, 0.1) is 12.1 Å². The van der Waals surface area contributed by atoms with Crippen LogP contribution >= 0.6 is 0 Å². The first-order valence-corrected chi connectivity index (χ1v) is 4.96. The molecule has 0 radical (unpaired) electrons. The number of hydrogen-bond acceptors (Lipinski definition) is 3. The number of likely N-dealkylation sites (N-methyl/N-ethyl adjacent to an activating group) is 1. The van der Waals surface area contributed by atoms with Crippen molar-refractivity contribution < 1.29 is 9.90 Å². The second kappa shape index (κ2) is 4.55. The molecule has 0 aliphatic rings. The molecule has 0 spiro atoms. The van der Waals surface area contributed by atoms with Crippen LogP contribution in [0.2, 0.25) is 0 Å². The zero-order chi connectivity index (χ0) is 11.5. The van der Waals surface area contributed by atoms with Gasteiger partial charge in [-0.25, -0.2) is 0 Å². The maximum absolute atomic E-state index is 11.5. The fraction of sp³-hybridized carbons (Fsp3) is 0.417. The lowest BCUT2D eigenvalue weighted by Crippen LogP contribution is -2.19. The molecule has 0 fully saturated rings. The van der Waals surface area contributed by atoms with E-state index in [1.165, 1.54) is 0 Å². The first kappa shape index (κ1) is 11.9. The van der Waals surface area contributed by atoms with Crippen molar-refractivity contribution in [3.63, 3.8) is 0 Å². The molecule has 1 aromatic carbocycles. The second-order valence-corrected chi connectivity index (χ2v) is 4.09. The van der Waals surface area contributed by atoms with Gasteiger partial charge in [0.25, 0.3) is 0 Å². The third-order valence-corrected chi connectivity index (χ3v) is 2.25. The van der Waals surface area contributed by atoms with Gasteiger partial charge < -0.3 is 10.4 Å². The molecular formula is C12H17NO2. The standard InChI is InChI=1S/C12H17NO2/c1-12(2,15)10-6-4-9(5-7-10)11(14)8-13-3/h4-7,13,15H,8H2,1-3H3. The van der Waals surface area contributed by atoms with Crippen LogP contribution in [-0.2, 0) is 5.60 Å². The summed E-state index contributed by atoms with van der Waals surface area (Å²) in [5.41, 5.74) is 0.616. The molecule has 3 nitrogen and oxygen atoms in total. The molecule has 0 saturated heterocycles. The van der Waals surface area contributed by atoms with E-state index >= 15 is 0 Å². The topological polar surface area (TPSA) is 49.3 Å². The molecule has 0 aliphatic heterocycles. The monoisotopic (exact) mass is 207 g/mol. The average molecular weight is 207 g/mol. The summed E-state index contributed by atoms with van der Waals surface area (Å²) in [6.07, 6.45) is 0. The highest BCUT2D eigenvalue weighted by Gasteiger charge is 2.15. The molecule has 2 N–H and O–H groups in total. The van der Waals surface area contributed by atoms with Gasteiger partial charge in [-0.1, -0.05) is 24.3 Å². The van der Waals surface area contributed by atoms with E-state index in [0.717, 1.165) is 5.56 Å². The van der Waals surface area contributed by atoms with Crippen molar-refractivity contribution in [3.8, 4) is 0 Å². The maximum atomic E-state index is 11.5. The first-order valence-electron chi connectivity index (χ1n) is 4.96. The van der Waals surface area contributed by atoms with Crippen LogP contribution in [0.25, 0.3) is 0 Å². The van der Waals surface area contributed by atoms with E-state index in [9.17, 15) is 9.90 Å².